The Morgan fingerprint density at radius 3 is 2.72 bits per heavy atom. The first-order chi connectivity index (χ1) is 8.63. The topological polar surface area (TPSA) is 55.3 Å². The summed E-state index contributed by atoms with van der Waals surface area (Å²) in [6.45, 7) is 6.43. The summed E-state index contributed by atoms with van der Waals surface area (Å²) in [7, 11) is 0. The van der Waals surface area contributed by atoms with Crippen molar-refractivity contribution < 1.29 is 4.42 Å². The molecule has 1 aromatic heterocycles. The van der Waals surface area contributed by atoms with E-state index in [0.717, 1.165) is 24.2 Å². The number of para-hydroxylation sites is 1. The lowest BCUT2D eigenvalue weighted by Gasteiger charge is -2.33. The van der Waals surface area contributed by atoms with E-state index in [1.807, 2.05) is 30.0 Å². The predicted octanol–water partition coefficient (Wildman–Crippen LogP) is 2.74. The molecule has 2 unspecified atom stereocenters. The highest BCUT2D eigenvalue weighted by molar-refractivity contribution is 8.00. The van der Waals surface area contributed by atoms with Crippen LogP contribution in [0.1, 0.15) is 13.8 Å². The summed E-state index contributed by atoms with van der Waals surface area (Å²) in [5.74, 6) is 0. The molecule has 1 aliphatic heterocycles. The van der Waals surface area contributed by atoms with Crippen molar-refractivity contribution in [3.05, 3.63) is 18.2 Å². The van der Waals surface area contributed by atoms with Crippen molar-refractivity contribution in [2.45, 2.75) is 24.3 Å². The third kappa shape index (κ3) is 2.03. The molecule has 2 atom stereocenters. The molecule has 1 saturated heterocycles. The third-order valence-electron chi connectivity index (χ3n) is 3.13. The second-order valence-corrected chi connectivity index (χ2v) is 6.73. The standard InChI is InChI=1S/C13H17N3OS/c1-8-6-16(7-9(2)18-8)13-15-12-10(14)4-3-5-11(12)17-13/h3-5,8-9H,6-7,14H2,1-2H3. The molecule has 1 fully saturated rings. The van der Waals surface area contributed by atoms with Gasteiger partial charge in [-0.2, -0.15) is 16.7 Å². The van der Waals surface area contributed by atoms with Gasteiger partial charge in [0.1, 0.15) is 5.52 Å². The third-order valence-corrected chi connectivity index (χ3v) is 4.36. The van der Waals surface area contributed by atoms with Gasteiger partial charge in [-0.1, -0.05) is 19.9 Å². The number of hydrogen-bond acceptors (Lipinski definition) is 5. The second-order valence-electron chi connectivity index (χ2n) is 4.85. The Labute approximate surface area is 111 Å². The molecule has 3 rings (SSSR count). The minimum Gasteiger partial charge on any atom is -0.423 e. The van der Waals surface area contributed by atoms with E-state index in [2.05, 4.69) is 23.7 Å². The molecule has 0 bridgehead atoms. The summed E-state index contributed by atoms with van der Waals surface area (Å²) in [5, 5.41) is 1.20. The molecule has 5 heteroatoms. The number of aromatic nitrogens is 1. The summed E-state index contributed by atoms with van der Waals surface area (Å²) >= 11 is 2.01. The lowest BCUT2D eigenvalue weighted by molar-refractivity contribution is 0.557. The van der Waals surface area contributed by atoms with Gasteiger partial charge in [0.25, 0.3) is 6.01 Å². The molecule has 0 radical (unpaired) electrons. The predicted molar refractivity (Wildman–Crippen MR) is 77.1 cm³/mol. The molecule has 2 heterocycles. The van der Waals surface area contributed by atoms with E-state index < -0.39 is 0 Å². The number of nitrogen functional groups attached to an aromatic ring is 1. The van der Waals surface area contributed by atoms with Gasteiger partial charge in [0.05, 0.1) is 5.69 Å². The first-order valence-electron chi connectivity index (χ1n) is 6.19. The molecule has 0 saturated carbocycles. The highest BCUT2D eigenvalue weighted by atomic mass is 32.2. The van der Waals surface area contributed by atoms with Gasteiger partial charge in [0.2, 0.25) is 0 Å². The number of oxazole rings is 1. The summed E-state index contributed by atoms with van der Waals surface area (Å²) < 4.78 is 5.81. The average Bonchev–Trinajstić information content (AvgIpc) is 2.73. The maximum atomic E-state index is 5.91. The average molecular weight is 263 g/mol. The molecule has 2 aromatic rings. The van der Waals surface area contributed by atoms with E-state index in [1.54, 1.807) is 0 Å². The van der Waals surface area contributed by atoms with Crippen molar-refractivity contribution in [3.8, 4) is 0 Å². The van der Waals surface area contributed by atoms with Gasteiger partial charge in [0.15, 0.2) is 5.58 Å². The number of anilines is 2. The monoisotopic (exact) mass is 263 g/mol. The summed E-state index contributed by atoms with van der Waals surface area (Å²) in [6, 6.07) is 6.35. The zero-order valence-electron chi connectivity index (χ0n) is 10.6. The van der Waals surface area contributed by atoms with Crippen LogP contribution in [-0.2, 0) is 0 Å². The summed E-state index contributed by atoms with van der Waals surface area (Å²) in [5.41, 5.74) is 8.12. The maximum Gasteiger partial charge on any atom is 0.298 e. The lowest BCUT2D eigenvalue weighted by atomic mass is 10.3. The SMILES string of the molecule is CC1CN(c2nc3c(N)cccc3o2)CC(C)S1. The van der Waals surface area contributed by atoms with E-state index in [0.29, 0.717) is 22.2 Å². The first-order valence-corrected chi connectivity index (χ1v) is 7.13. The molecule has 96 valence electrons. The molecule has 0 amide bonds. The Morgan fingerprint density at radius 2 is 2.06 bits per heavy atom. The zero-order valence-corrected chi connectivity index (χ0v) is 11.4. The number of nitrogens with zero attached hydrogens (tertiary/aromatic N) is 2. The molecule has 0 aliphatic carbocycles. The number of thioether (sulfide) groups is 1. The quantitative estimate of drug-likeness (QED) is 0.802. The molecule has 1 aromatic carbocycles. The van der Waals surface area contributed by atoms with Crippen LogP contribution in [0.3, 0.4) is 0 Å². The van der Waals surface area contributed by atoms with Crippen LogP contribution in [0.2, 0.25) is 0 Å². The van der Waals surface area contributed by atoms with Gasteiger partial charge >= 0.3 is 0 Å². The molecular formula is C13H17N3OS. The highest BCUT2D eigenvalue weighted by Crippen LogP contribution is 2.31. The largest absolute Gasteiger partial charge is 0.423 e. The van der Waals surface area contributed by atoms with Gasteiger partial charge in [-0.3, -0.25) is 0 Å². The number of fused-ring (bicyclic) bond motifs is 1. The Morgan fingerprint density at radius 1 is 1.33 bits per heavy atom. The Bertz CT molecular complexity index is 558. The molecular weight excluding hydrogens is 246 g/mol. The Balaban J connectivity index is 1.96. The smallest absolute Gasteiger partial charge is 0.298 e. The van der Waals surface area contributed by atoms with Crippen LogP contribution in [0, 0.1) is 0 Å². The lowest BCUT2D eigenvalue weighted by Crippen LogP contribution is -2.40. The normalized spacial score (nSPS) is 24.7. The number of nitrogens with two attached hydrogens (primary N) is 1. The van der Waals surface area contributed by atoms with Crippen molar-refractivity contribution in [1.82, 2.24) is 4.98 Å². The fraction of sp³-hybridized carbons (Fsp3) is 0.462. The van der Waals surface area contributed by atoms with Crippen molar-refractivity contribution in [3.63, 3.8) is 0 Å². The van der Waals surface area contributed by atoms with Crippen LogP contribution < -0.4 is 10.6 Å². The zero-order chi connectivity index (χ0) is 12.7. The van der Waals surface area contributed by atoms with E-state index in [1.165, 1.54) is 0 Å². The fourth-order valence-corrected chi connectivity index (χ4v) is 3.75. The van der Waals surface area contributed by atoms with Crippen LogP contribution >= 0.6 is 11.8 Å². The van der Waals surface area contributed by atoms with E-state index in [4.69, 9.17) is 10.2 Å². The molecule has 4 nitrogen and oxygen atoms in total. The van der Waals surface area contributed by atoms with Crippen molar-refractivity contribution in [2.24, 2.45) is 0 Å². The van der Waals surface area contributed by atoms with Crippen molar-refractivity contribution >= 4 is 34.6 Å². The summed E-state index contributed by atoms with van der Waals surface area (Å²) in [6.07, 6.45) is 0. The van der Waals surface area contributed by atoms with Crippen LogP contribution in [0.4, 0.5) is 11.7 Å². The Hall–Kier alpha value is -1.36. The maximum absolute atomic E-state index is 5.91. The summed E-state index contributed by atoms with van der Waals surface area (Å²) in [4.78, 5) is 6.74. The van der Waals surface area contributed by atoms with E-state index in [-0.39, 0.29) is 0 Å². The van der Waals surface area contributed by atoms with Crippen molar-refractivity contribution in [2.75, 3.05) is 23.7 Å². The van der Waals surface area contributed by atoms with Gasteiger partial charge in [0, 0.05) is 23.6 Å². The number of rotatable bonds is 1. The van der Waals surface area contributed by atoms with Gasteiger partial charge < -0.3 is 15.1 Å². The minimum atomic E-state index is 0.598. The number of benzene rings is 1. The van der Waals surface area contributed by atoms with Gasteiger partial charge in [-0.15, -0.1) is 0 Å². The second kappa shape index (κ2) is 4.39. The number of hydrogen-bond donors (Lipinski definition) is 1. The molecule has 2 N–H and O–H groups in total. The Kier molecular flexibility index (Phi) is 2.86. The molecule has 1 aliphatic rings. The van der Waals surface area contributed by atoms with E-state index in [9.17, 15) is 0 Å². The van der Waals surface area contributed by atoms with Gasteiger partial charge in [-0.05, 0) is 12.1 Å². The minimum absolute atomic E-state index is 0.598. The molecule has 18 heavy (non-hydrogen) atoms. The van der Waals surface area contributed by atoms with E-state index >= 15 is 0 Å². The molecule has 0 spiro atoms. The van der Waals surface area contributed by atoms with Crippen LogP contribution in [-0.4, -0.2) is 28.6 Å². The van der Waals surface area contributed by atoms with Crippen LogP contribution in [0.5, 0.6) is 0 Å². The van der Waals surface area contributed by atoms with Crippen LogP contribution in [0.15, 0.2) is 22.6 Å². The highest BCUT2D eigenvalue weighted by Gasteiger charge is 2.25. The van der Waals surface area contributed by atoms with Crippen molar-refractivity contribution in [1.29, 1.82) is 0 Å². The van der Waals surface area contributed by atoms with Crippen LogP contribution in [0.25, 0.3) is 11.1 Å². The first kappa shape index (κ1) is 11.7. The van der Waals surface area contributed by atoms with Gasteiger partial charge in [-0.25, -0.2) is 0 Å². The fourth-order valence-electron chi connectivity index (χ4n) is 2.43.